The normalized spacial score (nSPS) is 12.7. The zero-order valence-electron chi connectivity index (χ0n) is 12.6. The van der Waals surface area contributed by atoms with Crippen molar-refractivity contribution in [2.24, 2.45) is 5.73 Å². The Morgan fingerprint density at radius 1 is 1.05 bits per heavy atom. The summed E-state index contributed by atoms with van der Waals surface area (Å²) < 4.78 is 0. The Balaban J connectivity index is 1.98. The molecule has 2 aromatic rings. The molecule has 0 aliphatic carbocycles. The molecule has 1 unspecified atom stereocenters. The van der Waals surface area contributed by atoms with Gasteiger partial charge in [0.2, 0.25) is 0 Å². The van der Waals surface area contributed by atoms with Crippen LogP contribution in [0.5, 0.6) is 0 Å². The SMILES string of the molecule is Cc1ccc(C(N)CN(C)Cc2ccccc2)c(C)c1. The van der Waals surface area contributed by atoms with Crippen LogP contribution in [0.3, 0.4) is 0 Å². The third kappa shape index (κ3) is 3.92. The van der Waals surface area contributed by atoms with Gasteiger partial charge >= 0.3 is 0 Å². The molecular weight excluding hydrogens is 244 g/mol. The van der Waals surface area contributed by atoms with Crippen molar-refractivity contribution in [2.75, 3.05) is 13.6 Å². The van der Waals surface area contributed by atoms with Crippen molar-refractivity contribution in [2.45, 2.75) is 26.4 Å². The van der Waals surface area contributed by atoms with Crippen molar-refractivity contribution in [1.82, 2.24) is 4.90 Å². The zero-order valence-corrected chi connectivity index (χ0v) is 12.6. The topological polar surface area (TPSA) is 29.3 Å². The van der Waals surface area contributed by atoms with Crippen LogP contribution in [0.1, 0.15) is 28.3 Å². The molecule has 0 heterocycles. The first-order valence-corrected chi connectivity index (χ1v) is 7.11. The van der Waals surface area contributed by atoms with E-state index < -0.39 is 0 Å². The third-order valence-corrected chi connectivity index (χ3v) is 3.63. The van der Waals surface area contributed by atoms with Crippen LogP contribution in [-0.2, 0) is 6.54 Å². The molecule has 0 spiro atoms. The van der Waals surface area contributed by atoms with E-state index in [2.05, 4.69) is 68.3 Å². The molecule has 1 atom stereocenters. The number of nitrogens with zero attached hydrogens (tertiary/aromatic N) is 1. The second kappa shape index (κ2) is 6.69. The molecule has 0 saturated heterocycles. The first-order chi connectivity index (χ1) is 9.56. The lowest BCUT2D eigenvalue weighted by molar-refractivity contribution is 0.305. The number of hydrogen-bond acceptors (Lipinski definition) is 2. The standard InChI is InChI=1S/C18H24N2/c1-14-9-10-17(15(2)11-14)18(19)13-20(3)12-16-7-5-4-6-8-16/h4-11,18H,12-13,19H2,1-3H3. The van der Waals surface area contributed by atoms with Gasteiger partial charge in [0.25, 0.3) is 0 Å². The first-order valence-electron chi connectivity index (χ1n) is 7.11. The summed E-state index contributed by atoms with van der Waals surface area (Å²) in [5.74, 6) is 0. The Kier molecular flexibility index (Phi) is 4.94. The van der Waals surface area contributed by atoms with Crippen molar-refractivity contribution >= 4 is 0 Å². The molecule has 106 valence electrons. The van der Waals surface area contributed by atoms with E-state index in [9.17, 15) is 0 Å². The van der Waals surface area contributed by atoms with Crippen LogP contribution in [-0.4, -0.2) is 18.5 Å². The molecule has 2 rings (SSSR count). The molecule has 0 radical (unpaired) electrons. The fourth-order valence-electron chi connectivity index (χ4n) is 2.64. The van der Waals surface area contributed by atoms with Crippen LogP contribution >= 0.6 is 0 Å². The molecule has 0 aliphatic rings. The Morgan fingerprint density at radius 2 is 1.75 bits per heavy atom. The second-order valence-corrected chi connectivity index (χ2v) is 5.65. The van der Waals surface area contributed by atoms with Gasteiger partial charge in [-0.05, 0) is 37.6 Å². The average molecular weight is 268 g/mol. The summed E-state index contributed by atoms with van der Waals surface area (Å²) in [5.41, 5.74) is 11.5. The predicted molar refractivity (Wildman–Crippen MR) is 85.6 cm³/mol. The van der Waals surface area contributed by atoms with Crippen LogP contribution < -0.4 is 5.73 Å². The largest absolute Gasteiger partial charge is 0.323 e. The van der Waals surface area contributed by atoms with E-state index in [0.717, 1.165) is 13.1 Å². The van der Waals surface area contributed by atoms with E-state index in [1.807, 2.05) is 6.07 Å². The minimum atomic E-state index is 0.0595. The number of rotatable bonds is 5. The average Bonchev–Trinajstić information content (AvgIpc) is 2.39. The van der Waals surface area contributed by atoms with E-state index in [0.29, 0.717) is 0 Å². The Morgan fingerprint density at radius 3 is 2.40 bits per heavy atom. The molecular formula is C18H24N2. The molecule has 20 heavy (non-hydrogen) atoms. The molecule has 2 N–H and O–H groups in total. The second-order valence-electron chi connectivity index (χ2n) is 5.65. The summed E-state index contributed by atoms with van der Waals surface area (Å²) >= 11 is 0. The number of benzene rings is 2. The molecule has 0 fully saturated rings. The minimum Gasteiger partial charge on any atom is -0.323 e. The number of likely N-dealkylation sites (N-methyl/N-ethyl adjacent to an activating group) is 1. The zero-order chi connectivity index (χ0) is 14.5. The van der Waals surface area contributed by atoms with Gasteiger partial charge in [-0.2, -0.15) is 0 Å². The Labute approximate surface area is 122 Å². The van der Waals surface area contributed by atoms with Crippen molar-refractivity contribution < 1.29 is 0 Å². The maximum absolute atomic E-state index is 6.36. The Hall–Kier alpha value is -1.64. The third-order valence-electron chi connectivity index (χ3n) is 3.63. The van der Waals surface area contributed by atoms with E-state index in [1.54, 1.807) is 0 Å². The summed E-state index contributed by atoms with van der Waals surface area (Å²) in [6.45, 7) is 6.04. The van der Waals surface area contributed by atoms with Crippen LogP contribution in [0.25, 0.3) is 0 Å². The first kappa shape index (κ1) is 14.8. The molecule has 2 nitrogen and oxygen atoms in total. The Bertz CT molecular complexity index is 549. The van der Waals surface area contributed by atoms with Gasteiger partial charge < -0.3 is 10.6 Å². The smallest absolute Gasteiger partial charge is 0.0426 e. The molecule has 2 heteroatoms. The van der Waals surface area contributed by atoms with Crippen LogP contribution in [0.4, 0.5) is 0 Å². The van der Waals surface area contributed by atoms with Crippen molar-refractivity contribution in [3.8, 4) is 0 Å². The van der Waals surface area contributed by atoms with Gasteiger partial charge in [-0.15, -0.1) is 0 Å². The van der Waals surface area contributed by atoms with E-state index in [4.69, 9.17) is 5.73 Å². The fourth-order valence-corrected chi connectivity index (χ4v) is 2.64. The van der Waals surface area contributed by atoms with E-state index >= 15 is 0 Å². The lowest BCUT2D eigenvalue weighted by Gasteiger charge is -2.23. The van der Waals surface area contributed by atoms with Gasteiger partial charge in [0.15, 0.2) is 0 Å². The quantitative estimate of drug-likeness (QED) is 0.900. The molecule has 2 aromatic carbocycles. The molecule has 0 amide bonds. The van der Waals surface area contributed by atoms with Gasteiger partial charge in [-0.3, -0.25) is 0 Å². The highest BCUT2D eigenvalue weighted by molar-refractivity contribution is 5.32. The van der Waals surface area contributed by atoms with Crippen molar-refractivity contribution in [1.29, 1.82) is 0 Å². The van der Waals surface area contributed by atoms with Crippen molar-refractivity contribution in [3.63, 3.8) is 0 Å². The molecule has 0 bridgehead atoms. The highest BCUT2D eigenvalue weighted by Crippen LogP contribution is 2.18. The summed E-state index contributed by atoms with van der Waals surface area (Å²) in [6, 6.07) is 17.1. The summed E-state index contributed by atoms with van der Waals surface area (Å²) in [6.07, 6.45) is 0. The van der Waals surface area contributed by atoms with Gasteiger partial charge in [-0.25, -0.2) is 0 Å². The number of nitrogens with two attached hydrogens (primary N) is 1. The number of hydrogen-bond donors (Lipinski definition) is 1. The highest BCUT2D eigenvalue weighted by atomic mass is 15.1. The van der Waals surface area contributed by atoms with E-state index in [1.165, 1.54) is 22.3 Å². The van der Waals surface area contributed by atoms with E-state index in [-0.39, 0.29) is 6.04 Å². The molecule has 0 aliphatic heterocycles. The van der Waals surface area contributed by atoms with Gasteiger partial charge in [0, 0.05) is 19.1 Å². The van der Waals surface area contributed by atoms with Gasteiger partial charge in [0.1, 0.15) is 0 Å². The summed E-state index contributed by atoms with van der Waals surface area (Å²) in [7, 11) is 2.12. The summed E-state index contributed by atoms with van der Waals surface area (Å²) in [5, 5.41) is 0. The van der Waals surface area contributed by atoms with Crippen LogP contribution in [0.15, 0.2) is 48.5 Å². The van der Waals surface area contributed by atoms with Crippen LogP contribution in [0, 0.1) is 13.8 Å². The van der Waals surface area contributed by atoms with Gasteiger partial charge in [-0.1, -0.05) is 54.1 Å². The monoisotopic (exact) mass is 268 g/mol. The van der Waals surface area contributed by atoms with Crippen LogP contribution in [0.2, 0.25) is 0 Å². The highest BCUT2D eigenvalue weighted by Gasteiger charge is 2.11. The minimum absolute atomic E-state index is 0.0595. The lowest BCUT2D eigenvalue weighted by atomic mass is 9.99. The van der Waals surface area contributed by atoms with Gasteiger partial charge in [0.05, 0.1) is 0 Å². The predicted octanol–water partition coefficient (Wildman–Crippen LogP) is 3.44. The summed E-state index contributed by atoms with van der Waals surface area (Å²) in [4.78, 5) is 2.28. The number of aryl methyl sites for hydroxylation is 2. The maximum Gasteiger partial charge on any atom is 0.0426 e. The fraction of sp³-hybridized carbons (Fsp3) is 0.333. The lowest BCUT2D eigenvalue weighted by Crippen LogP contribution is -2.29. The maximum atomic E-state index is 6.36. The molecule has 0 saturated carbocycles. The van der Waals surface area contributed by atoms with Crippen molar-refractivity contribution in [3.05, 3.63) is 70.8 Å². The molecule has 0 aromatic heterocycles.